The quantitative estimate of drug-likeness (QED) is 0.789. The van der Waals surface area contributed by atoms with E-state index in [0.717, 1.165) is 25.4 Å². The zero-order chi connectivity index (χ0) is 15.2. The number of hydrogen-bond acceptors (Lipinski definition) is 4. The van der Waals surface area contributed by atoms with Gasteiger partial charge in [0.25, 0.3) is 0 Å². The molecule has 0 spiro atoms. The third-order valence-electron chi connectivity index (χ3n) is 3.71. The summed E-state index contributed by atoms with van der Waals surface area (Å²) in [6.07, 6.45) is 1.80. The van der Waals surface area contributed by atoms with Crippen LogP contribution in [0.5, 0.6) is 0 Å². The molecule has 0 aromatic carbocycles. The molecule has 0 radical (unpaired) electrons. The Morgan fingerprint density at radius 2 is 2.10 bits per heavy atom. The van der Waals surface area contributed by atoms with Crippen molar-refractivity contribution in [2.45, 2.75) is 39.9 Å². The van der Waals surface area contributed by atoms with Crippen LogP contribution in [0.1, 0.15) is 43.0 Å². The largest absolute Gasteiger partial charge is 0.468 e. The van der Waals surface area contributed by atoms with Gasteiger partial charge in [0.2, 0.25) is 0 Å². The lowest BCUT2D eigenvalue weighted by atomic mass is 10.2. The standard InChI is InChI=1S/C17H26N2OS/c1-13(2)10-18-11-15-7-8-20-16(15)12-19(4)14(3)17-6-5-9-21-17/h5-9,13-14,18H,10-12H2,1-4H3. The molecule has 1 N–H and O–H groups in total. The highest BCUT2D eigenvalue weighted by Gasteiger charge is 2.16. The summed E-state index contributed by atoms with van der Waals surface area (Å²) in [7, 11) is 2.15. The van der Waals surface area contributed by atoms with Crippen molar-refractivity contribution in [3.8, 4) is 0 Å². The molecule has 0 aliphatic rings. The lowest BCUT2D eigenvalue weighted by molar-refractivity contribution is 0.234. The minimum atomic E-state index is 0.409. The van der Waals surface area contributed by atoms with E-state index in [2.05, 4.69) is 61.6 Å². The van der Waals surface area contributed by atoms with Gasteiger partial charge < -0.3 is 9.73 Å². The third kappa shape index (κ3) is 4.70. The highest BCUT2D eigenvalue weighted by Crippen LogP contribution is 2.25. The molecule has 0 aliphatic heterocycles. The van der Waals surface area contributed by atoms with Gasteiger partial charge in [-0.2, -0.15) is 0 Å². The molecule has 21 heavy (non-hydrogen) atoms. The summed E-state index contributed by atoms with van der Waals surface area (Å²) >= 11 is 1.81. The summed E-state index contributed by atoms with van der Waals surface area (Å²) in [6.45, 7) is 9.44. The van der Waals surface area contributed by atoms with Crippen molar-refractivity contribution in [3.05, 3.63) is 46.0 Å². The van der Waals surface area contributed by atoms with Gasteiger partial charge >= 0.3 is 0 Å². The Bertz CT molecular complexity index is 519. The Labute approximate surface area is 132 Å². The van der Waals surface area contributed by atoms with Crippen LogP contribution in [0.25, 0.3) is 0 Å². The Balaban J connectivity index is 1.92. The second-order valence-electron chi connectivity index (χ2n) is 6.00. The number of hydrogen-bond donors (Lipinski definition) is 1. The molecule has 1 atom stereocenters. The van der Waals surface area contributed by atoms with E-state index in [1.165, 1.54) is 10.4 Å². The van der Waals surface area contributed by atoms with E-state index in [0.29, 0.717) is 12.0 Å². The van der Waals surface area contributed by atoms with Crippen molar-refractivity contribution in [2.24, 2.45) is 5.92 Å². The first kappa shape index (κ1) is 16.3. The predicted molar refractivity (Wildman–Crippen MR) is 89.5 cm³/mol. The number of furan rings is 1. The van der Waals surface area contributed by atoms with Crippen LogP contribution in [0, 0.1) is 5.92 Å². The molecule has 2 rings (SSSR count). The summed E-state index contributed by atoms with van der Waals surface area (Å²) in [5.41, 5.74) is 1.26. The van der Waals surface area contributed by atoms with Gasteiger partial charge in [0, 0.05) is 23.0 Å². The van der Waals surface area contributed by atoms with Crippen molar-refractivity contribution < 1.29 is 4.42 Å². The van der Waals surface area contributed by atoms with Crippen LogP contribution in [0.4, 0.5) is 0 Å². The highest BCUT2D eigenvalue weighted by atomic mass is 32.1. The number of nitrogens with one attached hydrogen (secondary N) is 1. The SMILES string of the molecule is CC(C)CNCc1ccoc1CN(C)C(C)c1cccs1. The Kier molecular flexibility index (Phi) is 6.03. The van der Waals surface area contributed by atoms with Gasteiger partial charge in [-0.05, 0) is 43.9 Å². The first-order chi connectivity index (χ1) is 10.1. The molecule has 0 saturated carbocycles. The van der Waals surface area contributed by atoms with Crippen molar-refractivity contribution in [2.75, 3.05) is 13.6 Å². The van der Waals surface area contributed by atoms with Gasteiger partial charge in [-0.15, -0.1) is 11.3 Å². The number of nitrogens with zero attached hydrogens (tertiary/aromatic N) is 1. The van der Waals surface area contributed by atoms with Crippen LogP contribution < -0.4 is 5.32 Å². The first-order valence-electron chi connectivity index (χ1n) is 7.57. The van der Waals surface area contributed by atoms with E-state index in [1.807, 2.05) is 11.3 Å². The molecule has 116 valence electrons. The number of rotatable bonds is 8. The van der Waals surface area contributed by atoms with Crippen LogP contribution in [0.15, 0.2) is 34.3 Å². The molecule has 3 nitrogen and oxygen atoms in total. The fraction of sp³-hybridized carbons (Fsp3) is 0.529. The lowest BCUT2D eigenvalue weighted by Gasteiger charge is -2.23. The van der Waals surface area contributed by atoms with Crippen molar-refractivity contribution in [3.63, 3.8) is 0 Å². The molecule has 0 bridgehead atoms. The predicted octanol–water partition coefficient (Wildman–Crippen LogP) is 4.28. The van der Waals surface area contributed by atoms with Crippen LogP contribution in [-0.4, -0.2) is 18.5 Å². The lowest BCUT2D eigenvalue weighted by Crippen LogP contribution is -2.23. The minimum Gasteiger partial charge on any atom is -0.468 e. The summed E-state index contributed by atoms with van der Waals surface area (Å²) in [5, 5.41) is 5.61. The molecule has 0 aliphatic carbocycles. The average molecular weight is 306 g/mol. The zero-order valence-electron chi connectivity index (χ0n) is 13.4. The summed E-state index contributed by atoms with van der Waals surface area (Å²) in [6, 6.07) is 6.79. The van der Waals surface area contributed by atoms with Crippen molar-refractivity contribution in [1.29, 1.82) is 0 Å². The van der Waals surface area contributed by atoms with E-state index in [9.17, 15) is 0 Å². The molecule has 1 unspecified atom stereocenters. The minimum absolute atomic E-state index is 0.409. The monoisotopic (exact) mass is 306 g/mol. The first-order valence-corrected chi connectivity index (χ1v) is 8.45. The second-order valence-corrected chi connectivity index (χ2v) is 6.98. The summed E-state index contributed by atoms with van der Waals surface area (Å²) < 4.78 is 5.68. The summed E-state index contributed by atoms with van der Waals surface area (Å²) in [4.78, 5) is 3.72. The van der Waals surface area contributed by atoms with E-state index < -0.39 is 0 Å². The maximum absolute atomic E-state index is 5.68. The molecule has 2 aromatic heterocycles. The van der Waals surface area contributed by atoms with Gasteiger partial charge in [-0.3, -0.25) is 4.90 Å². The van der Waals surface area contributed by atoms with Gasteiger partial charge in [0.1, 0.15) is 5.76 Å². The molecular formula is C17H26N2OS. The third-order valence-corrected chi connectivity index (χ3v) is 4.76. The molecule has 2 aromatic rings. The van der Waals surface area contributed by atoms with Crippen LogP contribution >= 0.6 is 11.3 Å². The zero-order valence-corrected chi connectivity index (χ0v) is 14.2. The van der Waals surface area contributed by atoms with E-state index in [-0.39, 0.29) is 0 Å². The summed E-state index contributed by atoms with van der Waals surface area (Å²) in [5.74, 6) is 1.74. The van der Waals surface area contributed by atoms with Crippen LogP contribution in [0.3, 0.4) is 0 Å². The fourth-order valence-electron chi connectivity index (χ4n) is 2.27. The number of thiophene rings is 1. The molecule has 4 heteroatoms. The molecule has 2 heterocycles. The average Bonchev–Trinajstić information content (AvgIpc) is 3.09. The van der Waals surface area contributed by atoms with Crippen LogP contribution in [-0.2, 0) is 13.1 Å². The topological polar surface area (TPSA) is 28.4 Å². The van der Waals surface area contributed by atoms with Crippen LogP contribution in [0.2, 0.25) is 0 Å². The molecule has 0 fully saturated rings. The van der Waals surface area contributed by atoms with Gasteiger partial charge in [-0.25, -0.2) is 0 Å². The second kappa shape index (κ2) is 7.78. The normalized spacial score (nSPS) is 13.2. The van der Waals surface area contributed by atoms with Gasteiger partial charge in [0.05, 0.1) is 12.8 Å². The Hall–Kier alpha value is -1.10. The van der Waals surface area contributed by atoms with E-state index in [1.54, 1.807) is 6.26 Å². The van der Waals surface area contributed by atoms with E-state index >= 15 is 0 Å². The molecular weight excluding hydrogens is 280 g/mol. The van der Waals surface area contributed by atoms with Crippen molar-refractivity contribution in [1.82, 2.24) is 10.2 Å². The Morgan fingerprint density at radius 3 is 2.76 bits per heavy atom. The fourth-order valence-corrected chi connectivity index (χ4v) is 3.12. The maximum Gasteiger partial charge on any atom is 0.122 e. The van der Waals surface area contributed by atoms with Crippen molar-refractivity contribution >= 4 is 11.3 Å². The smallest absolute Gasteiger partial charge is 0.122 e. The maximum atomic E-state index is 5.68. The van der Waals surface area contributed by atoms with Gasteiger partial charge in [-0.1, -0.05) is 19.9 Å². The van der Waals surface area contributed by atoms with Gasteiger partial charge in [0.15, 0.2) is 0 Å². The molecule has 0 saturated heterocycles. The highest BCUT2D eigenvalue weighted by molar-refractivity contribution is 7.10. The Morgan fingerprint density at radius 1 is 1.29 bits per heavy atom. The van der Waals surface area contributed by atoms with E-state index in [4.69, 9.17) is 4.42 Å². The molecule has 0 amide bonds.